The maximum absolute atomic E-state index is 13.6. The predicted octanol–water partition coefficient (Wildman–Crippen LogP) is 4.06. The molecule has 0 saturated carbocycles. The number of aryl methyl sites for hydroxylation is 2. The van der Waals surface area contributed by atoms with Crippen LogP contribution in [0.25, 0.3) is 22.2 Å². The summed E-state index contributed by atoms with van der Waals surface area (Å²) in [4.78, 5) is 24.4. The summed E-state index contributed by atoms with van der Waals surface area (Å²) in [6.45, 7) is 5.01. The van der Waals surface area contributed by atoms with E-state index >= 15 is 0 Å². The number of nitrogens with zero attached hydrogens (tertiary/aromatic N) is 4. The van der Waals surface area contributed by atoms with Gasteiger partial charge in [0.15, 0.2) is 0 Å². The lowest BCUT2D eigenvalue weighted by molar-refractivity contribution is 0.0700. The van der Waals surface area contributed by atoms with Crippen molar-refractivity contribution in [2.75, 3.05) is 26.2 Å². The molecule has 4 aromatic rings. The highest BCUT2D eigenvalue weighted by atomic mass is 32.2. The van der Waals surface area contributed by atoms with Gasteiger partial charge >= 0.3 is 0 Å². The summed E-state index contributed by atoms with van der Waals surface area (Å²) >= 11 is 0. The Kier molecular flexibility index (Phi) is 6.08. The quantitative estimate of drug-likeness (QED) is 0.434. The summed E-state index contributed by atoms with van der Waals surface area (Å²) in [5.74, 6) is -0.123. The monoisotopic (exact) mass is 486 g/mol. The van der Waals surface area contributed by atoms with Crippen molar-refractivity contribution in [2.45, 2.75) is 18.7 Å². The average molecular weight is 487 g/mol. The molecule has 5 rings (SSSR count). The Hall–Kier alpha value is -3.62. The van der Waals surface area contributed by atoms with Crippen LogP contribution in [0.5, 0.6) is 0 Å². The third kappa shape index (κ3) is 4.42. The molecule has 0 bridgehead atoms. The van der Waals surface area contributed by atoms with Crippen LogP contribution in [0, 0.1) is 13.8 Å². The number of pyridine rings is 2. The van der Waals surface area contributed by atoms with Crippen LogP contribution in [0.3, 0.4) is 0 Å². The average Bonchev–Trinajstić information content (AvgIpc) is 2.89. The molecule has 3 heterocycles. The Bertz CT molecular complexity index is 1510. The van der Waals surface area contributed by atoms with Crippen molar-refractivity contribution in [3.8, 4) is 11.3 Å². The van der Waals surface area contributed by atoms with Gasteiger partial charge in [0.2, 0.25) is 10.0 Å². The lowest BCUT2D eigenvalue weighted by Gasteiger charge is -2.34. The van der Waals surface area contributed by atoms with Gasteiger partial charge in [0, 0.05) is 49.5 Å². The SMILES string of the molecule is Cc1ccc(S(=O)(=O)N2CCN(C(=O)c3cc(-c4ccncc4)nc4ccccc34)CC2)cc1C. The zero-order valence-corrected chi connectivity index (χ0v) is 20.5. The van der Waals surface area contributed by atoms with Crippen molar-refractivity contribution in [2.24, 2.45) is 0 Å². The van der Waals surface area contributed by atoms with Gasteiger partial charge in [0.25, 0.3) is 5.91 Å². The number of amides is 1. The molecular formula is C27H26N4O3S. The van der Waals surface area contributed by atoms with Crippen LogP contribution in [0.4, 0.5) is 0 Å². The van der Waals surface area contributed by atoms with Crippen LogP contribution in [0.15, 0.2) is 78.0 Å². The van der Waals surface area contributed by atoms with E-state index in [1.807, 2.05) is 62.4 Å². The number of sulfonamides is 1. The highest BCUT2D eigenvalue weighted by molar-refractivity contribution is 7.89. The topological polar surface area (TPSA) is 83.5 Å². The van der Waals surface area contributed by atoms with Crippen LogP contribution in [-0.2, 0) is 10.0 Å². The second-order valence-electron chi connectivity index (χ2n) is 8.75. The molecule has 1 amide bonds. The highest BCUT2D eigenvalue weighted by Gasteiger charge is 2.31. The van der Waals surface area contributed by atoms with Gasteiger partial charge in [-0.15, -0.1) is 0 Å². The first kappa shape index (κ1) is 23.1. The van der Waals surface area contributed by atoms with Gasteiger partial charge in [0.05, 0.1) is 21.7 Å². The van der Waals surface area contributed by atoms with Crippen molar-refractivity contribution < 1.29 is 13.2 Å². The molecule has 2 aromatic carbocycles. The van der Waals surface area contributed by atoms with Crippen LogP contribution < -0.4 is 0 Å². The second-order valence-corrected chi connectivity index (χ2v) is 10.7. The Labute approximate surface area is 205 Å². The van der Waals surface area contributed by atoms with Gasteiger partial charge < -0.3 is 4.90 Å². The molecule has 1 aliphatic heterocycles. The third-order valence-corrected chi connectivity index (χ3v) is 8.46. The first-order chi connectivity index (χ1) is 16.8. The van der Waals surface area contributed by atoms with E-state index in [9.17, 15) is 13.2 Å². The first-order valence-corrected chi connectivity index (χ1v) is 13.0. The lowest BCUT2D eigenvalue weighted by atomic mass is 10.0. The van der Waals surface area contributed by atoms with Gasteiger partial charge in [-0.2, -0.15) is 4.31 Å². The Morgan fingerprint density at radius 1 is 0.857 bits per heavy atom. The second kappa shape index (κ2) is 9.20. The summed E-state index contributed by atoms with van der Waals surface area (Å²) in [5.41, 5.74) is 4.87. The fourth-order valence-electron chi connectivity index (χ4n) is 4.35. The first-order valence-electron chi connectivity index (χ1n) is 11.5. The van der Waals surface area contributed by atoms with Crippen LogP contribution in [0.2, 0.25) is 0 Å². The van der Waals surface area contributed by atoms with Gasteiger partial charge in [-0.05, 0) is 61.4 Å². The summed E-state index contributed by atoms with van der Waals surface area (Å²) < 4.78 is 27.8. The maximum Gasteiger partial charge on any atom is 0.254 e. The Balaban J connectivity index is 1.40. The number of rotatable bonds is 4. The van der Waals surface area contributed by atoms with Crippen molar-refractivity contribution in [1.29, 1.82) is 0 Å². The smallest absolute Gasteiger partial charge is 0.254 e. The summed E-state index contributed by atoms with van der Waals surface area (Å²) in [7, 11) is -3.61. The molecule has 7 nitrogen and oxygen atoms in total. The Morgan fingerprint density at radius 3 is 2.29 bits per heavy atom. The van der Waals surface area contributed by atoms with Crippen LogP contribution >= 0.6 is 0 Å². The van der Waals surface area contributed by atoms with E-state index in [1.165, 1.54) is 4.31 Å². The summed E-state index contributed by atoms with van der Waals surface area (Å²) in [5, 5.41) is 0.778. The molecule has 1 saturated heterocycles. The molecule has 178 valence electrons. The van der Waals surface area contributed by atoms with Gasteiger partial charge in [-0.1, -0.05) is 24.3 Å². The molecule has 0 spiro atoms. The van der Waals surface area contributed by atoms with Crippen molar-refractivity contribution in [3.63, 3.8) is 0 Å². The van der Waals surface area contributed by atoms with Crippen LogP contribution in [-0.4, -0.2) is 59.7 Å². The molecule has 1 fully saturated rings. The lowest BCUT2D eigenvalue weighted by Crippen LogP contribution is -2.50. The molecule has 0 unspecified atom stereocenters. The molecule has 0 N–H and O–H groups in total. The molecule has 8 heteroatoms. The molecular weight excluding hydrogens is 460 g/mol. The minimum absolute atomic E-state index is 0.123. The van der Waals surface area contributed by atoms with E-state index in [-0.39, 0.29) is 19.0 Å². The fraction of sp³-hybridized carbons (Fsp3) is 0.222. The number of benzene rings is 2. The summed E-state index contributed by atoms with van der Waals surface area (Å²) in [6.07, 6.45) is 3.39. The minimum atomic E-state index is -3.61. The van der Waals surface area contributed by atoms with Crippen molar-refractivity contribution >= 4 is 26.8 Å². The third-order valence-electron chi connectivity index (χ3n) is 6.56. The molecule has 35 heavy (non-hydrogen) atoms. The number of hydrogen-bond acceptors (Lipinski definition) is 5. The van der Waals surface area contributed by atoms with Gasteiger partial charge in [0.1, 0.15) is 0 Å². The molecule has 0 radical (unpaired) electrons. The number of piperazine rings is 1. The zero-order chi connectivity index (χ0) is 24.6. The van der Waals surface area contributed by atoms with E-state index in [1.54, 1.807) is 29.4 Å². The summed E-state index contributed by atoms with van der Waals surface area (Å²) in [6, 6.07) is 18.3. The zero-order valence-electron chi connectivity index (χ0n) is 19.7. The molecule has 0 aliphatic carbocycles. The molecule has 0 atom stereocenters. The standard InChI is InChI=1S/C27H26N4O3S/c1-19-7-8-22(17-20(19)2)35(33,34)31-15-13-30(14-16-31)27(32)24-18-26(21-9-11-28-12-10-21)29-25-6-4-3-5-23(24)25/h3-12,17-18H,13-16H2,1-2H3. The molecule has 2 aromatic heterocycles. The van der Waals surface area contributed by atoms with E-state index in [4.69, 9.17) is 4.98 Å². The number of aromatic nitrogens is 2. The van der Waals surface area contributed by atoms with E-state index in [0.29, 0.717) is 29.2 Å². The van der Waals surface area contributed by atoms with E-state index in [0.717, 1.165) is 27.6 Å². The minimum Gasteiger partial charge on any atom is -0.336 e. The van der Waals surface area contributed by atoms with Crippen molar-refractivity contribution in [1.82, 2.24) is 19.2 Å². The predicted molar refractivity (Wildman–Crippen MR) is 136 cm³/mol. The largest absolute Gasteiger partial charge is 0.336 e. The van der Waals surface area contributed by atoms with Crippen molar-refractivity contribution in [3.05, 3.63) is 89.7 Å². The van der Waals surface area contributed by atoms with E-state index < -0.39 is 10.0 Å². The van der Waals surface area contributed by atoms with Crippen LogP contribution in [0.1, 0.15) is 21.5 Å². The number of para-hydroxylation sites is 1. The number of carbonyl (C=O) groups is 1. The highest BCUT2D eigenvalue weighted by Crippen LogP contribution is 2.27. The number of carbonyl (C=O) groups excluding carboxylic acids is 1. The van der Waals surface area contributed by atoms with E-state index in [2.05, 4.69) is 4.98 Å². The van der Waals surface area contributed by atoms with Gasteiger partial charge in [-0.25, -0.2) is 13.4 Å². The Morgan fingerprint density at radius 2 is 1.57 bits per heavy atom. The van der Waals surface area contributed by atoms with Gasteiger partial charge in [-0.3, -0.25) is 9.78 Å². The normalized spacial score (nSPS) is 14.9. The number of fused-ring (bicyclic) bond motifs is 1. The maximum atomic E-state index is 13.6. The molecule has 1 aliphatic rings. The number of hydrogen-bond donors (Lipinski definition) is 0. The fourth-order valence-corrected chi connectivity index (χ4v) is 5.86.